The first-order valence-electron chi connectivity index (χ1n) is 13.3. The minimum Gasteiger partial charge on any atom is -0.453 e. The monoisotopic (exact) mass is 498 g/mol. The highest BCUT2D eigenvalue weighted by Gasteiger charge is 2.23. The maximum atomic E-state index is 6.40. The lowest BCUT2D eigenvalue weighted by Gasteiger charge is -2.21. The van der Waals surface area contributed by atoms with Gasteiger partial charge in [0.2, 0.25) is 0 Å². The van der Waals surface area contributed by atoms with Crippen LogP contribution < -0.4 is 4.74 Å². The van der Waals surface area contributed by atoms with Gasteiger partial charge in [0.1, 0.15) is 0 Å². The highest BCUT2D eigenvalue weighted by atomic mass is 16.5. The topological polar surface area (TPSA) is 19.1 Å². The standard InChI is InChI=1S/C36H22N2O/c1-4-12-30-26(8-1)27-9-2-5-13-31(27)37(30)25-19-16-23(17-20-25)24-18-21-34-33(22-24)38-32-14-6-3-10-28(32)29-11-7-15-35(39-34)36(29)38/h1-22H. The number of aromatic nitrogens is 2. The SMILES string of the molecule is c1ccc2c(c1)c1ccccc1n2-c1ccc(-c2ccc3c(c2)-n2c4ccccc4c4cccc(c42)O3)cc1. The lowest BCUT2D eigenvalue weighted by atomic mass is 10.0. The molecule has 0 unspecified atom stereocenters. The van der Waals surface area contributed by atoms with Crippen LogP contribution in [0.3, 0.4) is 0 Å². The van der Waals surface area contributed by atoms with E-state index < -0.39 is 0 Å². The average molecular weight is 499 g/mol. The molecule has 0 radical (unpaired) electrons. The van der Waals surface area contributed by atoms with Crippen molar-refractivity contribution in [2.24, 2.45) is 0 Å². The molecule has 2 aromatic heterocycles. The fraction of sp³-hybridized carbons (Fsp3) is 0. The minimum atomic E-state index is 0.877. The summed E-state index contributed by atoms with van der Waals surface area (Å²) in [7, 11) is 0. The fourth-order valence-electron chi connectivity index (χ4n) is 6.40. The Morgan fingerprint density at radius 2 is 0.974 bits per heavy atom. The van der Waals surface area contributed by atoms with E-state index >= 15 is 0 Å². The van der Waals surface area contributed by atoms with Crippen molar-refractivity contribution in [2.45, 2.75) is 0 Å². The number of hydrogen-bond acceptors (Lipinski definition) is 1. The number of hydrogen-bond donors (Lipinski definition) is 0. The van der Waals surface area contributed by atoms with Crippen LogP contribution in [0.2, 0.25) is 0 Å². The molecule has 0 N–H and O–H groups in total. The van der Waals surface area contributed by atoms with Gasteiger partial charge in [0, 0.05) is 27.2 Å². The van der Waals surface area contributed by atoms with Gasteiger partial charge in [0.15, 0.2) is 11.5 Å². The summed E-state index contributed by atoms with van der Waals surface area (Å²) in [5, 5.41) is 5.01. The maximum Gasteiger partial charge on any atom is 0.152 e. The third-order valence-corrected chi connectivity index (χ3v) is 8.12. The first-order chi connectivity index (χ1) is 19.3. The molecule has 182 valence electrons. The molecular weight excluding hydrogens is 476 g/mol. The number of rotatable bonds is 2. The third kappa shape index (κ3) is 2.82. The molecule has 3 nitrogen and oxygen atoms in total. The molecule has 6 aromatic carbocycles. The van der Waals surface area contributed by atoms with Gasteiger partial charge in [-0.3, -0.25) is 0 Å². The molecule has 0 saturated carbocycles. The van der Waals surface area contributed by atoms with Crippen LogP contribution in [0.15, 0.2) is 133 Å². The van der Waals surface area contributed by atoms with Crippen molar-refractivity contribution < 1.29 is 4.74 Å². The fourth-order valence-corrected chi connectivity index (χ4v) is 6.40. The van der Waals surface area contributed by atoms with Crippen molar-refractivity contribution in [3.05, 3.63) is 133 Å². The van der Waals surface area contributed by atoms with E-state index in [0.29, 0.717) is 0 Å². The number of benzene rings is 6. The Labute approximate surface area is 224 Å². The van der Waals surface area contributed by atoms with E-state index in [1.807, 2.05) is 0 Å². The second-order valence-corrected chi connectivity index (χ2v) is 10.2. The minimum absolute atomic E-state index is 0.877. The predicted octanol–water partition coefficient (Wildman–Crippen LogP) is 9.65. The van der Waals surface area contributed by atoms with Crippen molar-refractivity contribution in [3.8, 4) is 34.0 Å². The lowest BCUT2D eigenvalue weighted by Crippen LogP contribution is -2.04. The number of fused-ring (bicyclic) bond motifs is 8. The van der Waals surface area contributed by atoms with Crippen LogP contribution >= 0.6 is 0 Å². The van der Waals surface area contributed by atoms with Crippen molar-refractivity contribution in [1.82, 2.24) is 9.13 Å². The van der Waals surface area contributed by atoms with Crippen LogP contribution in [0.1, 0.15) is 0 Å². The summed E-state index contributed by atoms with van der Waals surface area (Å²) in [6.45, 7) is 0. The highest BCUT2D eigenvalue weighted by Crippen LogP contribution is 2.46. The molecule has 0 atom stereocenters. The van der Waals surface area contributed by atoms with Gasteiger partial charge in [-0.15, -0.1) is 0 Å². The smallest absolute Gasteiger partial charge is 0.152 e. The van der Waals surface area contributed by atoms with Gasteiger partial charge in [-0.25, -0.2) is 0 Å². The summed E-state index contributed by atoms with van der Waals surface area (Å²) in [5.41, 5.74) is 9.34. The zero-order valence-electron chi connectivity index (χ0n) is 21.0. The molecule has 3 heteroatoms. The molecule has 8 aromatic rings. The Bertz CT molecular complexity index is 2200. The molecule has 0 amide bonds. The first-order valence-corrected chi connectivity index (χ1v) is 13.3. The van der Waals surface area contributed by atoms with Gasteiger partial charge in [-0.1, -0.05) is 84.9 Å². The van der Waals surface area contributed by atoms with E-state index in [-0.39, 0.29) is 0 Å². The Balaban J connectivity index is 1.20. The lowest BCUT2D eigenvalue weighted by molar-refractivity contribution is 0.476. The van der Waals surface area contributed by atoms with Gasteiger partial charge in [0.05, 0.1) is 27.8 Å². The van der Waals surface area contributed by atoms with Gasteiger partial charge >= 0.3 is 0 Å². The molecule has 3 heterocycles. The highest BCUT2D eigenvalue weighted by molar-refractivity contribution is 6.12. The van der Waals surface area contributed by atoms with Crippen LogP contribution in [0.4, 0.5) is 0 Å². The average Bonchev–Trinajstić information content (AvgIpc) is 3.52. The maximum absolute atomic E-state index is 6.40. The van der Waals surface area contributed by atoms with Crippen LogP contribution in [0.25, 0.3) is 66.1 Å². The van der Waals surface area contributed by atoms with E-state index in [1.54, 1.807) is 0 Å². The van der Waals surface area contributed by atoms with Crippen LogP contribution in [-0.2, 0) is 0 Å². The number of para-hydroxylation sites is 4. The Morgan fingerprint density at radius 3 is 1.67 bits per heavy atom. The summed E-state index contributed by atoms with van der Waals surface area (Å²) in [5.74, 6) is 1.78. The van der Waals surface area contributed by atoms with Crippen molar-refractivity contribution in [2.75, 3.05) is 0 Å². The third-order valence-electron chi connectivity index (χ3n) is 8.12. The number of nitrogens with zero attached hydrogens (tertiary/aromatic N) is 2. The predicted molar refractivity (Wildman–Crippen MR) is 161 cm³/mol. The van der Waals surface area contributed by atoms with E-state index in [2.05, 4.69) is 143 Å². The molecule has 0 spiro atoms. The molecular formula is C36H22N2O. The second kappa shape index (κ2) is 7.62. The van der Waals surface area contributed by atoms with Gasteiger partial charge < -0.3 is 13.9 Å². The van der Waals surface area contributed by atoms with E-state index in [9.17, 15) is 0 Å². The van der Waals surface area contributed by atoms with E-state index in [4.69, 9.17) is 4.74 Å². The quantitative estimate of drug-likeness (QED) is 0.232. The normalized spacial score (nSPS) is 12.3. The summed E-state index contributed by atoms with van der Waals surface area (Å²) in [4.78, 5) is 0. The molecule has 1 aliphatic heterocycles. The zero-order valence-corrected chi connectivity index (χ0v) is 21.0. The Morgan fingerprint density at radius 1 is 0.410 bits per heavy atom. The molecule has 1 aliphatic rings. The first kappa shape index (κ1) is 20.7. The molecule has 39 heavy (non-hydrogen) atoms. The Kier molecular flexibility index (Phi) is 4.05. The second-order valence-electron chi connectivity index (χ2n) is 10.2. The van der Waals surface area contributed by atoms with Crippen molar-refractivity contribution in [3.63, 3.8) is 0 Å². The van der Waals surface area contributed by atoms with E-state index in [0.717, 1.165) is 34.0 Å². The molecule has 0 bridgehead atoms. The zero-order chi connectivity index (χ0) is 25.5. The van der Waals surface area contributed by atoms with Crippen molar-refractivity contribution in [1.29, 1.82) is 0 Å². The summed E-state index contributed by atoms with van der Waals surface area (Å²) in [6, 6.07) is 47.6. The van der Waals surface area contributed by atoms with Gasteiger partial charge in [-0.2, -0.15) is 0 Å². The molecule has 0 aliphatic carbocycles. The summed E-state index contributed by atoms with van der Waals surface area (Å²) >= 11 is 0. The molecule has 0 fully saturated rings. The van der Waals surface area contributed by atoms with Crippen LogP contribution in [-0.4, -0.2) is 9.13 Å². The Hall–Kier alpha value is -5.28. The van der Waals surface area contributed by atoms with Crippen LogP contribution in [0, 0.1) is 0 Å². The van der Waals surface area contributed by atoms with Crippen LogP contribution in [0.5, 0.6) is 11.5 Å². The molecule has 9 rings (SSSR count). The van der Waals surface area contributed by atoms with Crippen molar-refractivity contribution >= 4 is 43.6 Å². The molecule has 0 saturated heterocycles. The van der Waals surface area contributed by atoms with Gasteiger partial charge in [-0.05, 0) is 59.7 Å². The summed E-state index contributed by atoms with van der Waals surface area (Å²) < 4.78 is 11.1. The summed E-state index contributed by atoms with van der Waals surface area (Å²) in [6.07, 6.45) is 0. The van der Waals surface area contributed by atoms with E-state index in [1.165, 1.54) is 43.7 Å². The largest absolute Gasteiger partial charge is 0.453 e. The number of ether oxygens (including phenoxy) is 1. The van der Waals surface area contributed by atoms with Gasteiger partial charge in [0.25, 0.3) is 0 Å².